The van der Waals surface area contributed by atoms with Crippen LogP contribution in [0.3, 0.4) is 0 Å². The van der Waals surface area contributed by atoms with Gasteiger partial charge in [0.15, 0.2) is 0 Å². The van der Waals surface area contributed by atoms with Crippen LogP contribution >= 0.6 is 11.6 Å². The Hall–Kier alpha value is -3.15. The van der Waals surface area contributed by atoms with Crippen molar-refractivity contribution in [1.82, 2.24) is 10.2 Å². The van der Waals surface area contributed by atoms with Gasteiger partial charge in [-0.15, -0.1) is 0 Å². The zero-order chi connectivity index (χ0) is 25.0. The van der Waals surface area contributed by atoms with E-state index in [1.807, 2.05) is 30.3 Å². The molecule has 1 saturated heterocycles. The van der Waals surface area contributed by atoms with E-state index < -0.39 is 44.8 Å². The molecule has 5 N–H and O–H groups in total. The fourth-order valence-corrected chi connectivity index (χ4v) is 4.87. The summed E-state index contributed by atoms with van der Waals surface area (Å²) in [6.07, 6.45) is 0.885. The second-order valence-corrected chi connectivity index (χ2v) is 9.87. The minimum Gasteiger partial charge on any atom is -0.480 e. The van der Waals surface area contributed by atoms with Crippen LogP contribution in [0.25, 0.3) is 0 Å². The summed E-state index contributed by atoms with van der Waals surface area (Å²) < 4.78 is 23.9. The third kappa shape index (κ3) is 5.85. The van der Waals surface area contributed by atoms with Crippen molar-refractivity contribution in [3.63, 3.8) is 0 Å². The first-order valence-electron chi connectivity index (χ1n) is 10.5. The van der Waals surface area contributed by atoms with Crippen LogP contribution in [0.2, 0.25) is 5.02 Å². The molecule has 12 heteroatoms. The lowest BCUT2D eigenvalue weighted by molar-refractivity contribution is -0.148. The predicted molar refractivity (Wildman–Crippen MR) is 126 cm³/mol. The van der Waals surface area contributed by atoms with Gasteiger partial charge in [0.25, 0.3) is 5.91 Å². The van der Waals surface area contributed by atoms with Gasteiger partial charge in [-0.3, -0.25) is 9.59 Å². The maximum absolute atomic E-state index is 13.1. The van der Waals surface area contributed by atoms with Gasteiger partial charge >= 0.3 is 5.97 Å². The van der Waals surface area contributed by atoms with Crippen LogP contribution < -0.4 is 15.8 Å². The van der Waals surface area contributed by atoms with E-state index in [-0.39, 0.29) is 22.8 Å². The predicted octanol–water partition coefficient (Wildman–Crippen LogP) is 1.79. The Morgan fingerprint density at radius 3 is 2.53 bits per heavy atom. The number of nitrogens with two attached hydrogens (primary N) is 1. The van der Waals surface area contributed by atoms with Crippen molar-refractivity contribution >= 4 is 45.1 Å². The lowest BCUT2D eigenvalue weighted by Crippen LogP contribution is -2.50. The van der Waals surface area contributed by atoms with E-state index in [4.69, 9.17) is 16.7 Å². The van der Waals surface area contributed by atoms with Crippen LogP contribution in [-0.4, -0.2) is 54.8 Å². The van der Waals surface area contributed by atoms with E-state index >= 15 is 0 Å². The number of carbonyl (C=O) groups excluding carboxylic acids is 2. The van der Waals surface area contributed by atoms with Crippen LogP contribution in [0.4, 0.5) is 5.69 Å². The molecule has 0 aliphatic carbocycles. The van der Waals surface area contributed by atoms with Crippen LogP contribution in [-0.2, 0) is 26.2 Å². The molecule has 34 heavy (non-hydrogen) atoms. The van der Waals surface area contributed by atoms with Gasteiger partial charge < -0.3 is 20.6 Å². The van der Waals surface area contributed by atoms with Crippen molar-refractivity contribution in [2.75, 3.05) is 11.9 Å². The summed E-state index contributed by atoms with van der Waals surface area (Å²) in [4.78, 5) is 38.1. The van der Waals surface area contributed by atoms with Crippen molar-refractivity contribution in [2.45, 2.75) is 43.3 Å². The Morgan fingerprint density at radius 1 is 1.24 bits per heavy atom. The molecule has 0 aromatic heterocycles. The van der Waals surface area contributed by atoms with E-state index in [0.29, 0.717) is 19.4 Å². The van der Waals surface area contributed by atoms with E-state index in [1.165, 1.54) is 17.9 Å². The molecule has 3 rings (SSSR count). The van der Waals surface area contributed by atoms with Gasteiger partial charge in [0.1, 0.15) is 17.0 Å². The summed E-state index contributed by atoms with van der Waals surface area (Å²) in [6.45, 7) is 2.02. The van der Waals surface area contributed by atoms with Gasteiger partial charge in [-0.05, 0) is 37.5 Å². The van der Waals surface area contributed by atoms with E-state index in [0.717, 1.165) is 11.6 Å². The number of likely N-dealkylation sites (tertiary alicyclic amines) is 1. The quantitative estimate of drug-likeness (QED) is 0.423. The largest absolute Gasteiger partial charge is 0.480 e. The smallest absolute Gasteiger partial charge is 0.326 e. The standard InChI is InChI=1S/C22H25ClN4O6S/c1-13(21(29)27-9-5-8-18(27)22(30)31)26-20(28)15-10-19(34(24,32)33)16(23)11-17(15)25-12-14-6-3-2-4-7-14/h2-4,6-7,10-11,13,18,25H,5,8-9,12H2,1H3,(H,26,28)(H,30,31)(H2,24,32,33)/t13-,18-/m0/s1. The number of amides is 2. The van der Waals surface area contributed by atoms with E-state index in [2.05, 4.69) is 10.6 Å². The number of aliphatic carboxylic acids is 1. The summed E-state index contributed by atoms with van der Waals surface area (Å²) in [6, 6.07) is 9.61. The van der Waals surface area contributed by atoms with Crippen LogP contribution in [0.15, 0.2) is 47.4 Å². The highest BCUT2D eigenvalue weighted by Crippen LogP contribution is 2.29. The number of sulfonamides is 1. The summed E-state index contributed by atoms with van der Waals surface area (Å²) in [7, 11) is -4.23. The average molecular weight is 509 g/mol. The number of nitrogens with zero attached hydrogens (tertiary/aromatic N) is 1. The SMILES string of the molecule is C[C@H](NC(=O)c1cc(S(N)(=O)=O)c(Cl)cc1NCc1ccccc1)C(=O)N1CCC[C@H]1C(=O)O. The highest BCUT2D eigenvalue weighted by Gasteiger charge is 2.36. The topological polar surface area (TPSA) is 159 Å². The first-order valence-corrected chi connectivity index (χ1v) is 12.4. The summed E-state index contributed by atoms with van der Waals surface area (Å²) in [5.41, 5.74) is 1.06. The Balaban J connectivity index is 1.86. The number of hydrogen-bond donors (Lipinski definition) is 4. The number of benzene rings is 2. The number of nitrogens with one attached hydrogen (secondary N) is 2. The maximum Gasteiger partial charge on any atom is 0.326 e. The number of rotatable bonds is 8. The molecule has 2 amide bonds. The van der Waals surface area contributed by atoms with Crippen LogP contribution in [0, 0.1) is 0 Å². The van der Waals surface area contributed by atoms with Crippen molar-refractivity contribution in [3.8, 4) is 0 Å². The number of anilines is 1. The Morgan fingerprint density at radius 2 is 1.91 bits per heavy atom. The second kappa shape index (κ2) is 10.4. The molecule has 182 valence electrons. The molecular weight excluding hydrogens is 484 g/mol. The fourth-order valence-electron chi connectivity index (χ4n) is 3.77. The molecule has 2 atom stereocenters. The Kier molecular flexibility index (Phi) is 7.80. The Labute approximate surface area is 202 Å². The highest BCUT2D eigenvalue weighted by atomic mass is 35.5. The molecule has 0 unspecified atom stereocenters. The van der Waals surface area contributed by atoms with Gasteiger partial charge in [-0.2, -0.15) is 0 Å². The normalized spacial score (nSPS) is 16.7. The minimum absolute atomic E-state index is 0.0831. The lowest BCUT2D eigenvalue weighted by atomic mass is 10.1. The average Bonchev–Trinajstić information content (AvgIpc) is 3.27. The van der Waals surface area contributed by atoms with Gasteiger partial charge in [0.2, 0.25) is 15.9 Å². The van der Waals surface area contributed by atoms with Gasteiger partial charge in [-0.1, -0.05) is 41.9 Å². The zero-order valence-electron chi connectivity index (χ0n) is 18.3. The molecule has 1 heterocycles. The molecular formula is C22H25ClN4O6S. The molecule has 1 aliphatic rings. The van der Waals surface area contributed by atoms with Crippen molar-refractivity contribution < 1.29 is 27.9 Å². The lowest BCUT2D eigenvalue weighted by Gasteiger charge is -2.25. The van der Waals surface area contributed by atoms with Crippen molar-refractivity contribution in [3.05, 3.63) is 58.6 Å². The molecule has 2 aromatic rings. The third-order valence-electron chi connectivity index (χ3n) is 5.49. The minimum atomic E-state index is -4.23. The number of carboxylic acids is 1. The van der Waals surface area contributed by atoms with Crippen molar-refractivity contribution in [1.29, 1.82) is 0 Å². The van der Waals surface area contributed by atoms with Gasteiger partial charge in [0.05, 0.1) is 10.6 Å². The van der Waals surface area contributed by atoms with E-state index in [9.17, 15) is 27.9 Å². The fraction of sp³-hybridized carbons (Fsp3) is 0.318. The zero-order valence-corrected chi connectivity index (χ0v) is 19.9. The molecule has 2 aromatic carbocycles. The van der Waals surface area contributed by atoms with Crippen molar-refractivity contribution in [2.24, 2.45) is 5.14 Å². The number of carboxylic acid groups (broad SMARTS) is 1. The van der Waals surface area contributed by atoms with Crippen LogP contribution in [0.1, 0.15) is 35.7 Å². The Bertz CT molecular complexity index is 1210. The summed E-state index contributed by atoms with van der Waals surface area (Å²) >= 11 is 6.11. The summed E-state index contributed by atoms with van der Waals surface area (Å²) in [5, 5.41) is 20.0. The first-order chi connectivity index (χ1) is 16.0. The highest BCUT2D eigenvalue weighted by molar-refractivity contribution is 7.89. The number of carbonyl (C=O) groups is 3. The molecule has 0 spiro atoms. The molecule has 1 aliphatic heterocycles. The van der Waals surface area contributed by atoms with Gasteiger partial charge in [-0.25, -0.2) is 18.4 Å². The molecule has 0 bridgehead atoms. The molecule has 0 radical (unpaired) electrons. The second-order valence-electron chi connectivity index (χ2n) is 7.94. The maximum atomic E-state index is 13.1. The van der Waals surface area contributed by atoms with Crippen LogP contribution in [0.5, 0.6) is 0 Å². The number of hydrogen-bond acceptors (Lipinski definition) is 6. The van der Waals surface area contributed by atoms with E-state index in [1.54, 1.807) is 0 Å². The summed E-state index contributed by atoms with van der Waals surface area (Å²) in [5.74, 6) is -2.39. The number of primary sulfonamides is 1. The number of halogens is 1. The first kappa shape index (κ1) is 25.5. The molecule has 10 nitrogen and oxygen atoms in total. The monoisotopic (exact) mass is 508 g/mol. The molecule has 0 saturated carbocycles. The third-order valence-corrected chi connectivity index (χ3v) is 6.86. The molecule has 1 fully saturated rings. The van der Waals surface area contributed by atoms with Gasteiger partial charge in [0, 0.05) is 18.8 Å².